The van der Waals surface area contributed by atoms with Gasteiger partial charge in [-0.1, -0.05) is 23.9 Å². The number of rotatable bonds is 3. The largest absolute Gasteiger partial charge is 0.398 e. The predicted molar refractivity (Wildman–Crippen MR) is 84.4 cm³/mol. The van der Waals surface area contributed by atoms with Gasteiger partial charge in [0, 0.05) is 27.3 Å². The molecular weight excluding hydrogens is 322 g/mol. The molecular formula is C14H16BrN3S. The lowest BCUT2D eigenvalue weighted by Crippen LogP contribution is -1.98. The van der Waals surface area contributed by atoms with Crippen LogP contribution >= 0.6 is 27.7 Å². The topological polar surface area (TPSA) is 51.8 Å². The van der Waals surface area contributed by atoms with Crippen LogP contribution in [0.5, 0.6) is 0 Å². The number of aromatic nitrogens is 2. The second kappa shape index (κ2) is 5.92. The van der Waals surface area contributed by atoms with Gasteiger partial charge in [-0.05, 0) is 53.9 Å². The Balaban J connectivity index is 2.17. The molecule has 1 aromatic heterocycles. The number of benzene rings is 1. The Kier molecular flexibility index (Phi) is 4.47. The Morgan fingerprint density at radius 1 is 1.16 bits per heavy atom. The van der Waals surface area contributed by atoms with Crippen molar-refractivity contribution in [2.45, 2.75) is 31.7 Å². The van der Waals surface area contributed by atoms with Crippen LogP contribution in [0.25, 0.3) is 0 Å². The summed E-state index contributed by atoms with van der Waals surface area (Å²) in [6.07, 6.45) is 0. The zero-order valence-electron chi connectivity index (χ0n) is 11.2. The molecule has 0 amide bonds. The first-order chi connectivity index (χ1) is 8.99. The predicted octanol–water partition coefficient (Wildman–Crippen LogP) is 4.04. The summed E-state index contributed by atoms with van der Waals surface area (Å²) in [7, 11) is 0. The molecule has 100 valence electrons. The Morgan fingerprint density at radius 2 is 1.79 bits per heavy atom. The van der Waals surface area contributed by atoms with Crippen molar-refractivity contribution < 1.29 is 0 Å². The van der Waals surface area contributed by atoms with Crippen LogP contribution in [0.2, 0.25) is 0 Å². The lowest BCUT2D eigenvalue weighted by Gasteiger charge is -2.08. The van der Waals surface area contributed by atoms with Crippen LogP contribution in [0.4, 0.5) is 5.69 Å². The highest BCUT2D eigenvalue weighted by atomic mass is 79.9. The third kappa shape index (κ3) is 3.28. The summed E-state index contributed by atoms with van der Waals surface area (Å²) in [6, 6.07) is 5.90. The van der Waals surface area contributed by atoms with Crippen molar-refractivity contribution in [2.24, 2.45) is 0 Å². The van der Waals surface area contributed by atoms with E-state index in [1.807, 2.05) is 32.9 Å². The highest BCUT2D eigenvalue weighted by molar-refractivity contribution is 9.10. The summed E-state index contributed by atoms with van der Waals surface area (Å²) in [5, 5.41) is 0.815. The summed E-state index contributed by atoms with van der Waals surface area (Å²) >= 11 is 5.14. The molecule has 0 aliphatic rings. The van der Waals surface area contributed by atoms with Crippen molar-refractivity contribution in [1.82, 2.24) is 9.97 Å². The van der Waals surface area contributed by atoms with Crippen LogP contribution in [0.15, 0.2) is 27.8 Å². The summed E-state index contributed by atoms with van der Waals surface area (Å²) in [5.41, 5.74) is 11.0. The Labute approximate surface area is 126 Å². The molecule has 2 rings (SSSR count). The van der Waals surface area contributed by atoms with Crippen LogP contribution in [-0.2, 0) is 5.75 Å². The maximum absolute atomic E-state index is 5.87. The first-order valence-corrected chi connectivity index (χ1v) is 7.74. The van der Waals surface area contributed by atoms with E-state index in [2.05, 4.69) is 32.0 Å². The number of nitrogens with zero attached hydrogens (tertiary/aromatic N) is 2. The normalized spacial score (nSPS) is 10.7. The standard InChI is InChI=1S/C14H16BrN3S/c1-8-9(2)17-14(18-10(8)3)19-7-11-5-4-6-12(16)13(11)15/h4-6H,7,16H2,1-3H3. The Morgan fingerprint density at radius 3 is 2.42 bits per heavy atom. The minimum Gasteiger partial charge on any atom is -0.398 e. The summed E-state index contributed by atoms with van der Waals surface area (Å²) in [6.45, 7) is 6.09. The van der Waals surface area contributed by atoms with Gasteiger partial charge in [0.15, 0.2) is 5.16 Å². The van der Waals surface area contributed by atoms with Gasteiger partial charge in [0.05, 0.1) is 0 Å². The molecule has 2 N–H and O–H groups in total. The van der Waals surface area contributed by atoms with E-state index in [9.17, 15) is 0 Å². The smallest absolute Gasteiger partial charge is 0.188 e. The van der Waals surface area contributed by atoms with Gasteiger partial charge in [-0.25, -0.2) is 9.97 Å². The fourth-order valence-corrected chi connectivity index (χ4v) is 3.18. The maximum Gasteiger partial charge on any atom is 0.188 e. The van der Waals surface area contributed by atoms with Crippen molar-refractivity contribution in [2.75, 3.05) is 5.73 Å². The fraction of sp³-hybridized carbons (Fsp3) is 0.286. The maximum atomic E-state index is 5.87. The van der Waals surface area contributed by atoms with Crippen LogP contribution in [0.1, 0.15) is 22.5 Å². The van der Waals surface area contributed by atoms with Gasteiger partial charge in [-0.3, -0.25) is 0 Å². The van der Waals surface area contributed by atoms with E-state index in [0.29, 0.717) is 0 Å². The molecule has 3 nitrogen and oxygen atoms in total. The third-order valence-corrected chi connectivity index (χ3v) is 4.94. The monoisotopic (exact) mass is 337 g/mol. The van der Waals surface area contributed by atoms with Crippen molar-refractivity contribution in [1.29, 1.82) is 0 Å². The number of hydrogen-bond donors (Lipinski definition) is 1. The summed E-state index contributed by atoms with van der Waals surface area (Å²) in [4.78, 5) is 9.01. The highest BCUT2D eigenvalue weighted by Crippen LogP contribution is 2.29. The van der Waals surface area contributed by atoms with E-state index in [0.717, 1.165) is 43.6 Å². The van der Waals surface area contributed by atoms with E-state index in [1.165, 1.54) is 0 Å². The molecule has 0 fully saturated rings. The van der Waals surface area contributed by atoms with Gasteiger partial charge in [0.1, 0.15) is 0 Å². The minimum absolute atomic E-state index is 0.760. The molecule has 0 saturated heterocycles. The zero-order valence-corrected chi connectivity index (χ0v) is 13.6. The molecule has 1 heterocycles. The number of anilines is 1. The number of hydrogen-bond acceptors (Lipinski definition) is 4. The van der Waals surface area contributed by atoms with Gasteiger partial charge in [0.25, 0.3) is 0 Å². The number of nitrogen functional groups attached to an aromatic ring is 1. The Bertz CT molecular complexity index is 591. The average Bonchev–Trinajstić information content (AvgIpc) is 2.37. The summed E-state index contributed by atoms with van der Waals surface area (Å²) in [5.74, 6) is 0.799. The molecule has 0 spiro atoms. The first kappa shape index (κ1) is 14.3. The van der Waals surface area contributed by atoms with Gasteiger partial charge in [-0.2, -0.15) is 0 Å². The van der Waals surface area contributed by atoms with Gasteiger partial charge in [0.2, 0.25) is 0 Å². The molecule has 5 heteroatoms. The lowest BCUT2D eigenvalue weighted by molar-refractivity contribution is 0.880. The molecule has 1 aromatic carbocycles. The van der Waals surface area contributed by atoms with E-state index >= 15 is 0 Å². The fourth-order valence-electron chi connectivity index (χ4n) is 1.66. The average molecular weight is 338 g/mol. The van der Waals surface area contributed by atoms with Gasteiger partial charge >= 0.3 is 0 Å². The van der Waals surface area contributed by atoms with Crippen LogP contribution in [0.3, 0.4) is 0 Å². The Hall–Kier alpha value is -1.07. The quantitative estimate of drug-likeness (QED) is 0.521. The minimum atomic E-state index is 0.760. The van der Waals surface area contributed by atoms with E-state index in [4.69, 9.17) is 5.73 Å². The molecule has 0 aliphatic heterocycles. The molecule has 0 bridgehead atoms. The van der Waals surface area contributed by atoms with Gasteiger partial charge < -0.3 is 5.73 Å². The second-order valence-corrected chi connectivity index (χ2v) is 6.15. The molecule has 0 unspecified atom stereocenters. The van der Waals surface area contributed by atoms with E-state index < -0.39 is 0 Å². The number of nitrogens with two attached hydrogens (primary N) is 1. The molecule has 0 aliphatic carbocycles. The van der Waals surface area contributed by atoms with E-state index in [-0.39, 0.29) is 0 Å². The molecule has 2 aromatic rings. The highest BCUT2D eigenvalue weighted by Gasteiger charge is 2.08. The van der Waals surface area contributed by atoms with Crippen molar-refractivity contribution in [3.8, 4) is 0 Å². The van der Waals surface area contributed by atoms with Crippen molar-refractivity contribution >= 4 is 33.4 Å². The molecule has 0 saturated carbocycles. The van der Waals surface area contributed by atoms with Crippen molar-refractivity contribution in [3.05, 3.63) is 45.2 Å². The third-order valence-electron chi connectivity index (χ3n) is 3.08. The van der Waals surface area contributed by atoms with Crippen LogP contribution in [-0.4, -0.2) is 9.97 Å². The number of halogens is 1. The zero-order chi connectivity index (χ0) is 14.0. The summed E-state index contributed by atoms with van der Waals surface area (Å²) < 4.78 is 0.961. The van der Waals surface area contributed by atoms with E-state index in [1.54, 1.807) is 11.8 Å². The number of thioether (sulfide) groups is 1. The van der Waals surface area contributed by atoms with Crippen molar-refractivity contribution in [3.63, 3.8) is 0 Å². The number of aryl methyl sites for hydroxylation is 2. The SMILES string of the molecule is Cc1nc(SCc2cccc(N)c2Br)nc(C)c1C. The second-order valence-electron chi connectivity index (χ2n) is 4.41. The lowest BCUT2D eigenvalue weighted by atomic mass is 10.2. The molecule has 0 atom stereocenters. The van der Waals surface area contributed by atoms with Crippen LogP contribution in [0, 0.1) is 20.8 Å². The van der Waals surface area contributed by atoms with Crippen LogP contribution < -0.4 is 5.73 Å². The first-order valence-electron chi connectivity index (χ1n) is 5.96. The molecule has 0 radical (unpaired) electrons. The molecule has 19 heavy (non-hydrogen) atoms. The van der Waals surface area contributed by atoms with Gasteiger partial charge in [-0.15, -0.1) is 0 Å².